The molecule has 6 heteroatoms. The van der Waals surface area contributed by atoms with Gasteiger partial charge in [0.1, 0.15) is 5.56 Å². The fraction of sp³-hybridized carbons (Fsp3) is 0.429. The van der Waals surface area contributed by atoms with E-state index < -0.39 is 5.97 Å². The van der Waals surface area contributed by atoms with Crippen molar-refractivity contribution >= 4 is 5.97 Å². The van der Waals surface area contributed by atoms with E-state index in [-0.39, 0.29) is 11.4 Å². The molecule has 0 aliphatic carbocycles. The third-order valence-corrected chi connectivity index (χ3v) is 3.25. The zero-order chi connectivity index (χ0) is 14.9. The first-order valence-electron chi connectivity index (χ1n) is 6.64. The molecule has 20 heavy (non-hydrogen) atoms. The fourth-order valence-corrected chi connectivity index (χ4v) is 2.38. The Kier molecular flexibility index (Phi) is 3.83. The van der Waals surface area contributed by atoms with Crippen LogP contribution in [0.1, 0.15) is 46.9 Å². The molecule has 0 spiro atoms. The molecule has 0 amide bonds. The lowest BCUT2D eigenvalue weighted by molar-refractivity contribution is 0.0694. The van der Waals surface area contributed by atoms with Crippen molar-refractivity contribution < 1.29 is 9.90 Å². The summed E-state index contributed by atoms with van der Waals surface area (Å²) in [5.41, 5.74) is 3.32. The highest BCUT2D eigenvalue weighted by Gasteiger charge is 2.22. The number of carbonyl (C=O) groups is 1. The molecule has 2 aromatic heterocycles. The van der Waals surface area contributed by atoms with Gasteiger partial charge in [0.05, 0.1) is 11.4 Å². The average molecular weight is 274 g/mol. The molecule has 6 nitrogen and oxygen atoms in total. The van der Waals surface area contributed by atoms with Crippen LogP contribution in [-0.2, 0) is 12.8 Å². The van der Waals surface area contributed by atoms with Crippen molar-refractivity contribution in [2.75, 3.05) is 0 Å². The van der Waals surface area contributed by atoms with E-state index in [0.717, 1.165) is 22.6 Å². The SMILES string of the molecule is CCc1nnc(-n2nc(C)cc2C)c(C(=O)O)c1CC. The van der Waals surface area contributed by atoms with Gasteiger partial charge in [-0.15, -0.1) is 5.10 Å². The third kappa shape index (κ3) is 2.29. The quantitative estimate of drug-likeness (QED) is 0.923. The second-order valence-corrected chi connectivity index (χ2v) is 4.68. The van der Waals surface area contributed by atoms with Gasteiger partial charge in [0, 0.05) is 5.69 Å². The Bertz CT molecular complexity index is 661. The first-order valence-corrected chi connectivity index (χ1v) is 6.64. The molecule has 0 aliphatic rings. The topological polar surface area (TPSA) is 80.9 Å². The van der Waals surface area contributed by atoms with Crippen molar-refractivity contribution in [1.82, 2.24) is 20.0 Å². The summed E-state index contributed by atoms with van der Waals surface area (Å²) in [6.07, 6.45) is 1.26. The zero-order valence-corrected chi connectivity index (χ0v) is 12.1. The normalized spacial score (nSPS) is 10.8. The minimum absolute atomic E-state index is 0.200. The van der Waals surface area contributed by atoms with Gasteiger partial charge in [0.25, 0.3) is 0 Å². The lowest BCUT2D eigenvalue weighted by Crippen LogP contribution is -2.17. The summed E-state index contributed by atoms with van der Waals surface area (Å²) < 4.78 is 1.55. The molecule has 0 atom stereocenters. The van der Waals surface area contributed by atoms with E-state index in [9.17, 15) is 9.90 Å². The number of carboxylic acids is 1. The highest BCUT2D eigenvalue weighted by molar-refractivity contribution is 5.93. The number of hydrogen-bond acceptors (Lipinski definition) is 4. The Morgan fingerprint density at radius 3 is 2.40 bits per heavy atom. The Balaban J connectivity index is 2.77. The number of nitrogens with zero attached hydrogens (tertiary/aromatic N) is 4. The number of aromatic carboxylic acids is 1. The number of carboxylic acid groups (broad SMARTS) is 1. The lowest BCUT2D eigenvalue weighted by atomic mass is 10.0. The van der Waals surface area contributed by atoms with E-state index in [1.54, 1.807) is 4.68 Å². The Hall–Kier alpha value is -2.24. The van der Waals surface area contributed by atoms with Gasteiger partial charge in [-0.1, -0.05) is 13.8 Å². The van der Waals surface area contributed by atoms with Gasteiger partial charge in [0.2, 0.25) is 0 Å². The highest BCUT2D eigenvalue weighted by atomic mass is 16.4. The second kappa shape index (κ2) is 5.40. The standard InChI is InChI=1S/C14H18N4O2/c1-5-10-11(6-2)15-16-13(12(10)14(19)20)18-9(4)7-8(3)17-18/h7H,5-6H2,1-4H3,(H,19,20). The molecular formula is C14H18N4O2. The predicted molar refractivity (Wildman–Crippen MR) is 74.3 cm³/mol. The maximum Gasteiger partial charge on any atom is 0.339 e. The largest absolute Gasteiger partial charge is 0.478 e. The van der Waals surface area contributed by atoms with Gasteiger partial charge in [-0.25, -0.2) is 9.48 Å². The van der Waals surface area contributed by atoms with Crippen LogP contribution >= 0.6 is 0 Å². The highest BCUT2D eigenvalue weighted by Crippen LogP contribution is 2.21. The Morgan fingerprint density at radius 1 is 1.25 bits per heavy atom. The molecule has 1 N–H and O–H groups in total. The summed E-state index contributed by atoms with van der Waals surface area (Å²) in [4.78, 5) is 11.7. The minimum Gasteiger partial charge on any atom is -0.478 e. The van der Waals surface area contributed by atoms with Crippen LogP contribution < -0.4 is 0 Å². The Labute approximate surface area is 117 Å². The van der Waals surface area contributed by atoms with Crippen LogP contribution in [0.15, 0.2) is 6.07 Å². The molecule has 0 unspecified atom stereocenters. The smallest absolute Gasteiger partial charge is 0.339 e. The zero-order valence-electron chi connectivity index (χ0n) is 12.1. The van der Waals surface area contributed by atoms with Gasteiger partial charge in [0.15, 0.2) is 5.82 Å². The fourth-order valence-electron chi connectivity index (χ4n) is 2.38. The summed E-state index contributed by atoms with van der Waals surface area (Å²) in [5.74, 6) is -0.703. The van der Waals surface area contributed by atoms with Gasteiger partial charge < -0.3 is 5.11 Å². The summed E-state index contributed by atoms with van der Waals surface area (Å²) in [6.45, 7) is 7.59. The molecule has 0 fully saturated rings. The molecule has 0 saturated heterocycles. The van der Waals surface area contributed by atoms with Crippen molar-refractivity contribution in [1.29, 1.82) is 0 Å². The number of aromatic nitrogens is 4. The maximum atomic E-state index is 11.7. The first kappa shape index (κ1) is 14.2. The molecule has 2 rings (SSSR count). The van der Waals surface area contributed by atoms with Gasteiger partial charge in [-0.3, -0.25) is 0 Å². The lowest BCUT2D eigenvalue weighted by Gasteiger charge is -2.13. The van der Waals surface area contributed by atoms with E-state index in [1.165, 1.54) is 0 Å². The van der Waals surface area contributed by atoms with E-state index in [4.69, 9.17) is 0 Å². The van der Waals surface area contributed by atoms with Crippen LogP contribution in [0.2, 0.25) is 0 Å². The molecule has 0 radical (unpaired) electrons. The van der Waals surface area contributed by atoms with E-state index in [1.807, 2.05) is 33.8 Å². The molecule has 0 bridgehead atoms. The summed E-state index contributed by atoms with van der Waals surface area (Å²) in [6, 6.07) is 1.88. The second-order valence-electron chi connectivity index (χ2n) is 4.68. The predicted octanol–water partition coefficient (Wildman–Crippen LogP) is 2.10. The third-order valence-electron chi connectivity index (χ3n) is 3.25. The van der Waals surface area contributed by atoms with Crippen LogP contribution in [-0.4, -0.2) is 31.1 Å². The molecule has 0 aromatic carbocycles. The van der Waals surface area contributed by atoms with Crippen LogP contribution in [0.3, 0.4) is 0 Å². The van der Waals surface area contributed by atoms with Gasteiger partial charge in [-0.2, -0.15) is 10.2 Å². The van der Waals surface area contributed by atoms with Gasteiger partial charge >= 0.3 is 5.97 Å². The Morgan fingerprint density at radius 2 is 1.95 bits per heavy atom. The van der Waals surface area contributed by atoms with E-state index >= 15 is 0 Å². The van der Waals surface area contributed by atoms with E-state index in [0.29, 0.717) is 12.8 Å². The number of aryl methyl sites for hydroxylation is 3. The van der Waals surface area contributed by atoms with E-state index in [2.05, 4.69) is 15.3 Å². The first-order chi connectivity index (χ1) is 9.49. The summed E-state index contributed by atoms with van der Waals surface area (Å²) in [5, 5.41) is 22.1. The number of hydrogen-bond donors (Lipinski definition) is 1. The minimum atomic E-state index is -0.992. The van der Waals surface area contributed by atoms with Crippen LogP contribution in [0.4, 0.5) is 0 Å². The van der Waals surface area contributed by atoms with Gasteiger partial charge in [-0.05, 0) is 38.3 Å². The van der Waals surface area contributed by atoms with Crippen molar-refractivity contribution in [2.24, 2.45) is 0 Å². The van der Waals surface area contributed by atoms with Crippen LogP contribution in [0.5, 0.6) is 0 Å². The molecule has 2 aromatic rings. The van der Waals surface area contributed by atoms with Crippen LogP contribution in [0, 0.1) is 13.8 Å². The van der Waals surface area contributed by atoms with Crippen molar-refractivity contribution in [3.63, 3.8) is 0 Å². The molecule has 2 heterocycles. The average Bonchev–Trinajstić information content (AvgIpc) is 2.75. The maximum absolute atomic E-state index is 11.7. The summed E-state index contributed by atoms with van der Waals surface area (Å²) >= 11 is 0. The molecule has 106 valence electrons. The number of rotatable bonds is 4. The van der Waals surface area contributed by atoms with Crippen LogP contribution in [0.25, 0.3) is 5.82 Å². The van der Waals surface area contributed by atoms with Crippen molar-refractivity contribution in [2.45, 2.75) is 40.5 Å². The molecule has 0 saturated carbocycles. The monoisotopic (exact) mass is 274 g/mol. The molecule has 0 aliphatic heterocycles. The van der Waals surface area contributed by atoms with Crippen molar-refractivity contribution in [3.8, 4) is 5.82 Å². The van der Waals surface area contributed by atoms with Crippen molar-refractivity contribution in [3.05, 3.63) is 34.3 Å². The molecular weight excluding hydrogens is 256 g/mol. The summed E-state index contributed by atoms with van der Waals surface area (Å²) in [7, 11) is 0.